The maximum Gasteiger partial charge on any atom is 0.193 e. The van der Waals surface area contributed by atoms with Crippen molar-refractivity contribution in [3.63, 3.8) is 0 Å². The Morgan fingerprint density at radius 2 is 1.96 bits per heavy atom. The molecule has 6 nitrogen and oxygen atoms in total. The molecule has 1 aliphatic rings. The highest BCUT2D eigenvalue weighted by molar-refractivity contribution is 5.79. The Bertz CT molecular complexity index is 557. The van der Waals surface area contributed by atoms with Crippen molar-refractivity contribution in [3.8, 4) is 11.5 Å². The first kappa shape index (κ1) is 19.4. The Labute approximate surface area is 151 Å². The minimum atomic E-state index is 0.689. The Morgan fingerprint density at radius 3 is 2.60 bits per heavy atom. The first-order valence-electron chi connectivity index (χ1n) is 8.88. The van der Waals surface area contributed by atoms with Gasteiger partial charge in [-0.15, -0.1) is 0 Å². The van der Waals surface area contributed by atoms with E-state index in [2.05, 4.69) is 22.3 Å². The van der Waals surface area contributed by atoms with E-state index in [1.54, 1.807) is 14.2 Å². The van der Waals surface area contributed by atoms with E-state index >= 15 is 0 Å². The maximum absolute atomic E-state index is 5.43. The maximum atomic E-state index is 5.43. The van der Waals surface area contributed by atoms with Crippen LogP contribution in [0, 0.1) is 5.92 Å². The largest absolute Gasteiger partial charge is 0.493 e. The number of benzene rings is 1. The van der Waals surface area contributed by atoms with Gasteiger partial charge in [-0.3, -0.25) is 4.99 Å². The first-order valence-corrected chi connectivity index (χ1v) is 8.88. The van der Waals surface area contributed by atoms with E-state index in [1.807, 2.05) is 25.2 Å². The molecule has 140 valence electrons. The molecule has 1 aliphatic heterocycles. The van der Waals surface area contributed by atoms with Gasteiger partial charge in [0.2, 0.25) is 0 Å². The van der Waals surface area contributed by atoms with Gasteiger partial charge in [-0.25, -0.2) is 0 Å². The molecule has 0 amide bonds. The van der Waals surface area contributed by atoms with Crippen LogP contribution in [0.15, 0.2) is 23.2 Å². The van der Waals surface area contributed by atoms with E-state index in [1.165, 1.54) is 19.3 Å². The summed E-state index contributed by atoms with van der Waals surface area (Å²) in [4.78, 5) is 6.58. The SMILES string of the molecule is CN=C(NCc1ccc(OC)c(OC)c1)N(C)CCC1CCOCC1. The lowest BCUT2D eigenvalue weighted by Gasteiger charge is -2.27. The average molecular weight is 349 g/mol. The molecule has 0 atom stereocenters. The van der Waals surface area contributed by atoms with Crippen molar-refractivity contribution in [3.05, 3.63) is 23.8 Å². The number of aliphatic imine (C=N–C) groups is 1. The zero-order valence-electron chi connectivity index (χ0n) is 15.9. The third kappa shape index (κ3) is 5.81. The summed E-state index contributed by atoms with van der Waals surface area (Å²) in [6, 6.07) is 5.94. The molecule has 1 heterocycles. The Kier molecular flexibility index (Phi) is 7.85. The lowest BCUT2D eigenvalue weighted by atomic mass is 9.96. The van der Waals surface area contributed by atoms with Crippen molar-refractivity contribution in [1.29, 1.82) is 0 Å². The van der Waals surface area contributed by atoms with Crippen molar-refractivity contribution in [2.24, 2.45) is 10.9 Å². The Morgan fingerprint density at radius 1 is 1.24 bits per heavy atom. The molecular weight excluding hydrogens is 318 g/mol. The van der Waals surface area contributed by atoms with Crippen LogP contribution in [0.1, 0.15) is 24.8 Å². The second-order valence-electron chi connectivity index (χ2n) is 6.36. The second-order valence-corrected chi connectivity index (χ2v) is 6.36. The molecule has 0 unspecified atom stereocenters. The molecule has 25 heavy (non-hydrogen) atoms. The first-order chi connectivity index (χ1) is 12.2. The van der Waals surface area contributed by atoms with Gasteiger partial charge in [0.15, 0.2) is 17.5 Å². The lowest BCUT2D eigenvalue weighted by Crippen LogP contribution is -2.39. The Balaban J connectivity index is 1.84. The third-order valence-electron chi connectivity index (χ3n) is 4.69. The van der Waals surface area contributed by atoms with Gasteiger partial charge in [0.25, 0.3) is 0 Å². The van der Waals surface area contributed by atoms with Gasteiger partial charge in [-0.1, -0.05) is 6.07 Å². The van der Waals surface area contributed by atoms with Crippen LogP contribution >= 0.6 is 0 Å². The molecule has 0 saturated carbocycles. The molecule has 2 rings (SSSR count). The summed E-state index contributed by atoms with van der Waals surface area (Å²) in [5.41, 5.74) is 1.12. The van der Waals surface area contributed by atoms with Crippen LogP contribution in [0.3, 0.4) is 0 Å². The predicted octanol–water partition coefficient (Wildman–Crippen LogP) is 2.53. The van der Waals surface area contributed by atoms with Crippen LogP contribution in [-0.4, -0.2) is 58.9 Å². The van der Waals surface area contributed by atoms with Gasteiger partial charge in [0.05, 0.1) is 14.2 Å². The van der Waals surface area contributed by atoms with Crippen molar-refractivity contribution >= 4 is 5.96 Å². The number of nitrogens with one attached hydrogen (secondary N) is 1. The summed E-state index contributed by atoms with van der Waals surface area (Å²) in [5, 5.41) is 3.42. The number of hydrogen-bond donors (Lipinski definition) is 1. The van der Waals surface area contributed by atoms with Crippen LogP contribution < -0.4 is 14.8 Å². The van der Waals surface area contributed by atoms with Crippen molar-refractivity contribution in [2.75, 3.05) is 48.1 Å². The normalized spacial score (nSPS) is 15.8. The molecule has 0 aliphatic carbocycles. The predicted molar refractivity (Wildman–Crippen MR) is 101 cm³/mol. The fourth-order valence-corrected chi connectivity index (χ4v) is 3.07. The smallest absolute Gasteiger partial charge is 0.193 e. The fourth-order valence-electron chi connectivity index (χ4n) is 3.07. The van der Waals surface area contributed by atoms with E-state index in [0.717, 1.165) is 48.7 Å². The van der Waals surface area contributed by atoms with E-state index in [-0.39, 0.29) is 0 Å². The summed E-state index contributed by atoms with van der Waals surface area (Å²) in [6.07, 6.45) is 3.52. The molecule has 1 N–H and O–H groups in total. The van der Waals surface area contributed by atoms with Crippen LogP contribution in [0.25, 0.3) is 0 Å². The van der Waals surface area contributed by atoms with E-state index in [4.69, 9.17) is 14.2 Å². The molecule has 1 saturated heterocycles. The third-order valence-corrected chi connectivity index (χ3v) is 4.69. The molecule has 1 aromatic carbocycles. The number of hydrogen-bond acceptors (Lipinski definition) is 4. The van der Waals surface area contributed by atoms with Crippen molar-refractivity contribution in [2.45, 2.75) is 25.8 Å². The molecule has 0 radical (unpaired) electrons. The summed E-state index contributed by atoms with van der Waals surface area (Å²) < 4.78 is 16.1. The van der Waals surface area contributed by atoms with Gasteiger partial charge in [0.1, 0.15) is 0 Å². The van der Waals surface area contributed by atoms with Crippen LogP contribution in [0.4, 0.5) is 0 Å². The highest BCUT2D eigenvalue weighted by Gasteiger charge is 2.15. The van der Waals surface area contributed by atoms with Crippen LogP contribution in [0.2, 0.25) is 0 Å². The van der Waals surface area contributed by atoms with Crippen molar-refractivity contribution < 1.29 is 14.2 Å². The molecule has 6 heteroatoms. The zero-order valence-corrected chi connectivity index (χ0v) is 15.9. The lowest BCUT2D eigenvalue weighted by molar-refractivity contribution is 0.0625. The summed E-state index contributed by atoms with van der Waals surface area (Å²) in [5.74, 6) is 3.15. The van der Waals surface area contributed by atoms with Gasteiger partial charge >= 0.3 is 0 Å². The summed E-state index contributed by atoms with van der Waals surface area (Å²) in [6.45, 7) is 3.49. The highest BCUT2D eigenvalue weighted by Crippen LogP contribution is 2.27. The van der Waals surface area contributed by atoms with Crippen molar-refractivity contribution in [1.82, 2.24) is 10.2 Å². The standard InChI is InChI=1S/C19H31N3O3/c1-20-19(22(2)10-7-15-8-11-25-12-9-15)21-14-16-5-6-17(23-3)18(13-16)24-4/h5-6,13,15H,7-12,14H2,1-4H3,(H,20,21). The monoisotopic (exact) mass is 349 g/mol. The van der Waals surface area contributed by atoms with Gasteiger partial charge in [0, 0.05) is 40.4 Å². The highest BCUT2D eigenvalue weighted by atomic mass is 16.5. The quantitative estimate of drug-likeness (QED) is 0.606. The Hall–Kier alpha value is -1.95. The van der Waals surface area contributed by atoms with Crippen LogP contribution in [-0.2, 0) is 11.3 Å². The minimum Gasteiger partial charge on any atom is -0.493 e. The second kappa shape index (κ2) is 10.1. The van der Waals surface area contributed by atoms with E-state index in [9.17, 15) is 0 Å². The van der Waals surface area contributed by atoms with Gasteiger partial charge in [-0.05, 0) is 42.9 Å². The minimum absolute atomic E-state index is 0.689. The summed E-state index contributed by atoms with van der Waals surface area (Å²) in [7, 11) is 7.20. The molecular formula is C19H31N3O3. The van der Waals surface area contributed by atoms with Gasteiger partial charge in [-0.2, -0.15) is 0 Å². The average Bonchev–Trinajstić information content (AvgIpc) is 2.67. The summed E-state index contributed by atoms with van der Waals surface area (Å²) >= 11 is 0. The van der Waals surface area contributed by atoms with Crippen LogP contribution in [0.5, 0.6) is 11.5 Å². The number of methoxy groups -OCH3 is 2. The molecule has 1 aromatic rings. The fraction of sp³-hybridized carbons (Fsp3) is 0.632. The topological polar surface area (TPSA) is 55.3 Å². The molecule has 0 aromatic heterocycles. The van der Waals surface area contributed by atoms with E-state index in [0.29, 0.717) is 6.54 Å². The number of ether oxygens (including phenoxy) is 3. The number of guanidine groups is 1. The molecule has 0 bridgehead atoms. The molecule has 1 fully saturated rings. The molecule has 0 spiro atoms. The van der Waals surface area contributed by atoms with Gasteiger partial charge < -0.3 is 24.4 Å². The zero-order chi connectivity index (χ0) is 18.1. The number of nitrogens with zero attached hydrogens (tertiary/aromatic N) is 2. The van der Waals surface area contributed by atoms with E-state index < -0.39 is 0 Å². The number of rotatable bonds is 7.